The number of para-hydroxylation sites is 2. The van der Waals surface area contributed by atoms with Crippen LogP contribution in [-0.4, -0.2) is 37.4 Å². The summed E-state index contributed by atoms with van der Waals surface area (Å²) < 4.78 is 16.6. The first-order valence-corrected chi connectivity index (χ1v) is 11.4. The molecular weight excluding hydrogens is 446 g/mol. The summed E-state index contributed by atoms with van der Waals surface area (Å²) in [5, 5.41) is 0. The molecule has 1 heterocycles. The van der Waals surface area contributed by atoms with Crippen LogP contribution < -0.4 is 14.4 Å². The molecule has 1 saturated heterocycles. The van der Waals surface area contributed by atoms with Crippen molar-refractivity contribution in [1.29, 1.82) is 0 Å². The van der Waals surface area contributed by atoms with Crippen LogP contribution in [0.15, 0.2) is 72.8 Å². The van der Waals surface area contributed by atoms with Crippen molar-refractivity contribution in [2.24, 2.45) is 5.92 Å². The van der Waals surface area contributed by atoms with Crippen molar-refractivity contribution in [3.8, 4) is 17.2 Å². The minimum atomic E-state index is -0.930. The average Bonchev–Trinajstić information content (AvgIpc) is 3.26. The predicted molar refractivity (Wildman–Crippen MR) is 131 cm³/mol. The summed E-state index contributed by atoms with van der Waals surface area (Å²) in [6, 6.07) is 21.4. The topological polar surface area (TPSA) is 82.1 Å². The Labute approximate surface area is 204 Å². The number of aryl methyl sites for hydroxylation is 1. The molecule has 0 spiro atoms. The van der Waals surface area contributed by atoms with Crippen molar-refractivity contribution < 1.29 is 28.6 Å². The Morgan fingerprint density at radius 1 is 0.943 bits per heavy atom. The molecule has 1 fully saturated rings. The number of Topliss-reactive ketones (excluding diaryl/α,β-unsaturated/α-hetero) is 1. The highest BCUT2D eigenvalue weighted by atomic mass is 16.5. The molecule has 0 radical (unpaired) electrons. The van der Waals surface area contributed by atoms with Crippen LogP contribution in [0.3, 0.4) is 0 Å². The van der Waals surface area contributed by atoms with E-state index < -0.39 is 18.0 Å². The normalized spacial score (nSPS) is 16.0. The number of hydrogen-bond acceptors (Lipinski definition) is 6. The van der Waals surface area contributed by atoms with Crippen LogP contribution in [0.4, 0.5) is 5.69 Å². The summed E-state index contributed by atoms with van der Waals surface area (Å²) in [6.07, 6.45) is -0.898. The van der Waals surface area contributed by atoms with Gasteiger partial charge in [0, 0.05) is 24.2 Å². The van der Waals surface area contributed by atoms with Gasteiger partial charge in [0.15, 0.2) is 17.6 Å². The Hall–Kier alpha value is -4.13. The van der Waals surface area contributed by atoms with Gasteiger partial charge in [0.25, 0.3) is 0 Å². The van der Waals surface area contributed by atoms with Crippen molar-refractivity contribution in [3.05, 3.63) is 83.9 Å². The average molecular weight is 474 g/mol. The number of esters is 1. The maximum Gasteiger partial charge on any atom is 0.312 e. The van der Waals surface area contributed by atoms with Gasteiger partial charge in [0.1, 0.15) is 5.75 Å². The first kappa shape index (κ1) is 24.0. The van der Waals surface area contributed by atoms with Gasteiger partial charge in [-0.1, -0.05) is 42.0 Å². The van der Waals surface area contributed by atoms with Gasteiger partial charge in [-0.05, 0) is 50.2 Å². The molecule has 0 N–H and O–H groups in total. The molecule has 0 aliphatic carbocycles. The van der Waals surface area contributed by atoms with E-state index in [1.54, 1.807) is 67.5 Å². The van der Waals surface area contributed by atoms with Crippen molar-refractivity contribution in [1.82, 2.24) is 0 Å². The number of nitrogens with zero attached hydrogens (tertiary/aromatic N) is 1. The molecule has 180 valence electrons. The molecule has 35 heavy (non-hydrogen) atoms. The molecule has 3 aromatic rings. The zero-order valence-corrected chi connectivity index (χ0v) is 19.9. The number of carbonyl (C=O) groups is 3. The van der Waals surface area contributed by atoms with E-state index in [2.05, 4.69) is 0 Å². The Bertz CT molecular complexity index is 1220. The molecule has 1 amide bonds. The smallest absolute Gasteiger partial charge is 0.312 e. The lowest BCUT2D eigenvalue weighted by atomic mass is 10.1. The number of carbonyl (C=O) groups excluding carboxylic acids is 3. The van der Waals surface area contributed by atoms with E-state index in [-0.39, 0.29) is 24.7 Å². The molecule has 0 aromatic heterocycles. The molecule has 3 aromatic carbocycles. The maximum absolute atomic E-state index is 12.7. The van der Waals surface area contributed by atoms with E-state index >= 15 is 0 Å². The quantitative estimate of drug-likeness (QED) is 0.340. The van der Waals surface area contributed by atoms with E-state index in [0.717, 1.165) is 5.56 Å². The zero-order chi connectivity index (χ0) is 24.9. The van der Waals surface area contributed by atoms with Crippen molar-refractivity contribution in [2.75, 3.05) is 18.6 Å². The number of hydrogen-bond donors (Lipinski definition) is 0. The standard InChI is InChI=1S/C28H27NO6/c1-18-8-10-20(11-9-18)27(31)19(2)34-28(32)21-16-26(30)29(17-21)22-12-14-23(15-13-22)35-25-7-5-4-6-24(25)33-3/h4-15,19,21H,16-17H2,1-3H3/t19-,21-/m0/s1. The second kappa shape index (κ2) is 10.4. The fourth-order valence-corrected chi connectivity index (χ4v) is 3.92. The van der Waals surface area contributed by atoms with E-state index in [1.807, 2.05) is 31.2 Å². The van der Waals surface area contributed by atoms with Gasteiger partial charge in [-0.25, -0.2) is 0 Å². The summed E-state index contributed by atoms with van der Waals surface area (Å²) in [5.41, 5.74) is 2.17. The second-order valence-electron chi connectivity index (χ2n) is 8.46. The molecule has 7 nitrogen and oxygen atoms in total. The Balaban J connectivity index is 1.37. The van der Waals surface area contributed by atoms with Gasteiger partial charge in [-0.15, -0.1) is 0 Å². The Morgan fingerprint density at radius 2 is 1.60 bits per heavy atom. The number of anilines is 1. The lowest BCUT2D eigenvalue weighted by molar-refractivity contribution is -0.151. The molecule has 1 aliphatic heterocycles. The minimum Gasteiger partial charge on any atom is -0.493 e. The highest BCUT2D eigenvalue weighted by Crippen LogP contribution is 2.33. The first-order valence-electron chi connectivity index (χ1n) is 11.4. The van der Waals surface area contributed by atoms with Gasteiger partial charge >= 0.3 is 5.97 Å². The Morgan fingerprint density at radius 3 is 2.26 bits per heavy atom. The summed E-state index contributed by atoms with van der Waals surface area (Å²) >= 11 is 0. The van der Waals surface area contributed by atoms with Gasteiger partial charge in [-0.2, -0.15) is 0 Å². The number of ether oxygens (including phenoxy) is 3. The van der Waals surface area contributed by atoms with Crippen LogP contribution >= 0.6 is 0 Å². The number of rotatable bonds is 8. The van der Waals surface area contributed by atoms with Gasteiger partial charge in [0.2, 0.25) is 11.7 Å². The lowest BCUT2D eigenvalue weighted by Crippen LogP contribution is -2.30. The molecular formula is C28H27NO6. The molecule has 1 aliphatic rings. The maximum atomic E-state index is 12.7. The van der Waals surface area contributed by atoms with E-state index in [9.17, 15) is 14.4 Å². The van der Waals surface area contributed by atoms with Crippen LogP contribution in [0.25, 0.3) is 0 Å². The van der Waals surface area contributed by atoms with E-state index in [1.165, 1.54) is 0 Å². The van der Waals surface area contributed by atoms with Crippen LogP contribution in [-0.2, 0) is 14.3 Å². The summed E-state index contributed by atoms with van der Waals surface area (Å²) in [7, 11) is 1.57. The number of amides is 1. The predicted octanol–water partition coefficient (Wildman–Crippen LogP) is 4.96. The summed E-state index contributed by atoms with van der Waals surface area (Å²) in [5.74, 6) is 0.141. The fourth-order valence-electron chi connectivity index (χ4n) is 3.92. The monoisotopic (exact) mass is 473 g/mol. The SMILES string of the molecule is COc1ccccc1Oc1ccc(N2C[C@@H](C(=O)O[C@@H](C)C(=O)c3ccc(C)cc3)CC2=O)cc1. The summed E-state index contributed by atoms with van der Waals surface area (Å²) in [4.78, 5) is 39.5. The highest BCUT2D eigenvalue weighted by molar-refractivity contribution is 6.02. The van der Waals surface area contributed by atoms with Crippen LogP contribution in [0.1, 0.15) is 29.3 Å². The van der Waals surface area contributed by atoms with Crippen molar-refractivity contribution >= 4 is 23.3 Å². The van der Waals surface area contributed by atoms with Gasteiger partial charge < -0.3 is 19.1 Å². The van der Waals surface area contributed by atoms with Crippen molar-refractivity contribution in [3.63, 3.8) is 0 Å². The first-order chi connectivity index (χ1) is 16.9. The molecule has 2 atom stereocenters. The van der Waals surface area contributed by atoms with Crippen LogP contribution in [0.2, 0.25) is 0 Å². The van der Waals surface area contributed by atoms with E-state index in [4.69, 9.17) is 14.2 Å². The van der Waals surface area contributed by atoms with Gasteiger partial charge in [-0.3, -0.25) is 14.4 Å². The Kier molecular flexibility index (Phi) is 7.15. The minimum absolute atomic E-state index is 0.0315. The number of benzene rings is 3. The van der Waals surface area contributed by atoms with Crippen LogP contribution in [0, 0.1) is 12.8 Å². The zero-order valence-electron chi connectivity index (χ0n) is 19.9. The van der Waals surface area contributed by atoms with Crippen molar-refractivity contribution in [2.45, 2.75) is 26.4 Å². The third-order valence-electron chi connectivity index (χ3n) is 5.90. The fraction of sp³-hybridized carbons (Fsp3) is 0.250. The summed E-state index contributed by atoms with van der Waals surface area (Å²) in [6.45, 7) is 3.67. The molecule has 4 rings (SSSR count). The van der Waals surface area contributed by atoms with E-state index in [0.29, 0.717) is 28.5 Å². The molecule has 0 bridgehead atoms. The highest BCUT2D eigenvalue weighted by Gasteiger charge is 2.37. The second-order valence-corrected chi connectivity index (χ2v) is 8.46. The largest absolute Gasteiger partial charge is 0.493 e. The van der Waals surface area contributed by atoms with Gasteiger partial charge in [0.05, 0.1) is 13.0 Å². The third-order valence-corrected chi connectivity index (χ3v) is 5.90. The molecule has 0 unspecified atom stereocenters. The molecule has 0 saturated carbocycles. The lowest BCUT2D eigenvalue weighted by Gasteiger charge is -2.18. The molecule has 7 heteroatoms. The number of methoxy groups -OCH3 is 1. The number of ketones is 1. The van der Waals surface area contributed by atoms with Crippen LogP contribution in [0.5, 0.6) is 17.2 Å². The third kappa shape index (κ3) is 5.51.